The number of unbranched alkanes of at least 4 members (excludes halogenated alkanes) is 2. The third-order valence-electron chi connectivity index (χ3n) is 9.22. The Bertz CT molecular complexity index is 1400. The zero-order valence-electron chi connectivity index (χ0n) is 22.6. The van der Waals surface area contributed by atoms with E-state index >= 15 is 0 Å². The standard InChI is InChI=1S/2C13H9.C8H19Si.2ClH.Ti/c2*1-3-7-12-10(5-1)9-11-6-2-4-8-13(11)12;1-3-5-7-9-8-6-4-2;;;/h2*1-5,7-8H,9H2;9H,3-8H2,1-2H3;2*1H;/q;;;;;+2/p-2. The first-order valence-electron chi connectivity index (χ1n) is 14.5. The van der Waals surface area contributed by atoms with Crippen LogP contribution in [0.1, 0.15) is 61.8 Å². The van der Waals surface area contributed by atoms with E-state index in [0.717, 1.165) is 12.8 Å². The van der Waals surface area contributed by atoms with Crippen LogP contribution in [0.15, 0.2) is 84.9 Å². The monoisotopic (exact) mass is 591 g/mol. The van der Waals surface area contributed by atoms with E-state index in [1.807, 2.05) is 0 Å². The predicted molar refractivity (Wildman–Crippen MR) is 167 cm³/mol. The van der Waals surface area contributed by atoms with Gasteiger partial charge in [-0.2, -0.15) is 0 Å². The van der Waals surface area contributed by atoms with Crippen molar-refractivity contribution in [3.8, 4) is 22.3 Å². The van der Waals surface area contributed by atoms with Gasteiger partial charge in [-0.25, -0.2) is 0 Å². The molecule has 0 aliphatic heterocycles. The van der Waals surface area contributed by atoms with E-state index in [-0.39, 0.29) is 0 Å². The SMILES string of the molecule is CCCC[SiH](CCCC)[Ti]([Cl])([Cl])([c]1cccc2c1Cc1ccccc1-2)[c]1cccc2c1Cc1ccccc1-2. The Kier molecular flexibility index (Phi) is 7.29. The van der Waals surface area contributed by atoms with Crippen molar-refractivity contribution in [3.63, 3.8) is 0 Å². The Balaban J connectivity index is 1.63. The van der Waals surface area contributed by atoms with E-state index in [1.165, 1.54) is 90.0 Å². The van der Waals surface area contributed by atoms with Crippen molar-refractivity contribution in [2.45, 2.75) is 64.5 Å². The molecule has 4 aromatic carbocycles. The van der Waals surface area contributed by atoms with Gasteiger partial charge in [0.05, 0.1) is 0 Å². The van der Waals surface area contributed by atoms with Crippen LogP contribution in [-0.4, -0.2) is 6.66 Å². The summed E-state index contributed by atoms with van der Waals surface area (Å²) in [6.07, 6.45) is 6.73. The number of benzene rings is 4. The fourth-order valence-electron chi connectivity index (χ4n) is 7.31. The molecule has 0 bridgehead atoms. The molecule has 0 nitrogen and oxygen atoms in total. The van der Waals surface area contributed by atoms with Gasteiger partial charge in [-0.1, -0.05) is 0 Å². The maximum atomic E-state index is 8.55. The third-order valence-corrected chi connectivity index (χ3v) is 40.4. The van der Waals surface area contributed by atoms with Crippen molar-refractivity contribution in [3.05, 3.63) is 107 Å². The molecule has 0 saturated carbocycles. The van der Waals surface area contributed by atoms with Gasteiger partial charge in [0.25, 0.3) is 0 Å². The number of hydrogen-bond donors (Lipinski definition) is 0. The van der Waals surface area contributed by atoms with Gasteiger partial charge in [-0.05, 0) is 0 Å². The van der Waals surface area contributed by atoms with Crippen LogP contribution in [0, 0.1) is 0 Å². The first-order valence-corrected chi connectivity index (χ1v) is 25.2. The normalized spacial score (nSPS) is 14.5. The van der Waals surface area contributed by atoms with Crippen LogP contribution in [0.2, 0.25) is 12.1 Å². The average Bonchev–Trinajstić information content (AvgIpc) is 3.51. The maximum absolute atomic E-state index is 8.55. The molecule has 4 heteroatoms. The van der Waals surface area contributed by atoms with Gasteiger partial charge in [-0.3, -0.25) is 0 Å². The summed E-state index contributed by atoms with van der Waals surface area (Å²) in [6.45, 7) is 3.01. The van der Waals surface area contributed by atoms with Gasteiger partial charge in [0.15, 0.2) is 0 Å². The Hall–Kier alpha value is -1.61. The molecule has 0 atom stereocenters. The number of fused-ring (bicyclic) bond motifs is 6. The molecule has 4 aromatic rings. The van der Waals surface area contributed by atoms with Crippen molar-refractivity contribution in [1.29, 1.82) is 0 Å². The van der Waals surface area contributed by atoms with Crippen molar-refractivity contribution in [1.82, 2.24) is 0 Å². The summed E-state index contributed by atoms with van der Waals surface area (Å²) < 4.78 is 2.68. The van der Waals surface area contributed by atoms with Crippen LogP contribution in [0.4, 0.5) is 0 Å². The van der Waals surface area contributed by atoms with Gasteiger partial charge >= 0.3 is 239 Å². The van der Waals surface area contributed by atoms with Crippen LogP contribution in [0.25, 0.3) is 22.3 Å². The molecule has 38 heavy (non-hydrogen) atoms. The number of halogens is 2. The Labute approximate surface area is 237 Å². The predicted octanol–water partition coefficient (Wildman–Crippen LogP) is 9.10. The molecular formula is C34H37Cl2SiTi. The second kappa shape index (κ2) is 10.4. The van der Waals surface area contributed by atoms with E-state index in [0.29, 0.717) is 0 Å². The summed E-state index contributed by atoms with van der Waals surface area (Å²) in [5.74, 6) is 0. The van der Waals surface area contributed by atoms with E-state index in [1.54, 1.807) is 0 Å². The molecule has 0 radical (unpaired) electrons. The molecule has 0 saturated heterocycles. The topological polar surface area (TPSA) is 0 Å². The Morgan fingerprint density at radius 2 is 1.00 bits per heavy atom. The van der Waals surface area contributed by atoms with E-state index in [9.17, 15) is 0 Å². The quantitative estimate of drug-likeness (QED) is 0.147. The second-order valence-corrected chi connectivity index (χ2v) is 37.9. The van der Waals surface area contributed by atoms with E-state index < -0.39 is 19.1 Å². The van der Waals surface area contributed by atoms with Crippen molar-refractivity contribution in [2.75, 3.05) is 0 Å². The minimum atomic E-state index is -4.51. The summed E-state index contributed by atoms with van der Waals surface area (Å²) in [4.78, 5) is 0. The number of rotatable bonds is 9. The summed E-state index contributed by atoms with van der Waals surface area (Å²) >= 11 is -4.51. The zero-order chi connectivity index (χ0) is 26.4. The van der Waals surface area contributed by atoms with Gasteiger partial charge in [0.2, 0.25) is 0 Å². The van der Waals surface area contributed by atoms with Gasteiger partial charge < -0.3 is 0 Å². The second-order valence-electron chi connectivity index (χ2n) is 11.4. The molecule has 0 amide bonds. The summed E-state index contributed by atoms with van der Waals surface area (Å²) in [5.41, 5.74) is 11.1. The molecule has 195 valence electrons. The molecule has 0 aromatic heterocycles. The molecule has 0 fully saturated rings. The fourth-order valence-corrected chi connectivity index (χ4v) is 36.8. The van der Waals surface area contributed by atoms with Crippen LogP contribution >= 0.6 is 18.6 Å². The first kappa shape index (κ1) is 26.6. The van der Waals surface area contributed by atoms with Crippen molar-refractivity contribution >= 4 is 33.0 Å². The number of hydrogen-bond acceptors (Lipinski definition) is 0. The molecule has 2 aliphatic rings. The summed E-state index contributed by atoms with van der Waals surface area (Å²) in [7, 11) is 17.1. The molecule has 0 unspecified atom stereocenters. The Morgan fingerprint density at radius 3 is 1.45 bits per heavy atom. The molecule has 6 rings (SSSR count). The van der Waals surface area contributed by atoms with Gasteiger partial charge in [-0.15, -0.1) is 0 Å². The van der Waals surface area contributed by atoms with E-state index in [4.69, 9.17) is 18.6 Å². The Morgan fingerprint density at radius 1 is 0.579 bits per heavy atom. The molecule has 2 aliphatic carbocycles. The van der Waals surface area contributed by atoms with Crippen LogP contribution < -0.4 is 7.74 Å². The molecular weight excluding hydrogens is 555 g/mol. The van der Waals surface area contributed by atoms with Crippen molar-refractivity contribution in [2.24, 2.45) is 0 Å². The molecule has 0 heterocycles. The third kappa shape index (κ3) is 4.13. The van der Waals surface area contributed by atoms with Gasteiger partial charge in [0, 0.05) is 0 Å². The average molecular weight is 593 g/mol. The first-order chi connectivity index (χ1) is 18.5. The summed E-state index contributed by atoms with van der Waals surface area (Å²) in [6, 6.07) is 34.0. The molecule has 0 spiro atoms. The zero-order valence-corrected chi connectivity index (χ0v) is 26.8. The van der Waals surface area contributed by atoms with E-state index in [2.05, 4.69) is 98.8 Å². The van der Waals surface area contributed by atoms with Crippen LogP contribution in [0.3, 0.4) is 0 Å². The van der Waals surface area contributed by atoms with Crippen LogP contribution in [-0.2, 0) is 25.3 Å². The minimum absolute atomic E-state index is 0.943. The summed E-state index contributed by atoms with van der Waals surface area (Å²) in [5, 5.41) is 0. The van der Waals surface area contributed by atoms with Gasteiger partial charge in [0.1, 0.15) is 0 Å². The fraction of sp³-hybridized carbons (Fsp3) is 0.294. The van der Waals surface area contributed by atoms with Crippen LogP contribution in [0.5, 0.6) is 0 Å². The molecule has 0 N–H and O–H groups in total. The van der Waals surface area contributed by atoms with Crippen molar-refractivity contribution < 1.29 is 12.4 Å².